The first-order valence-electron chi connectivity index (χ1n) is 10.0. The zero-order valence-electron chi connectivity index (χ0n) is 16.5. The Balaban J connectivity index is 0.000000797. The van der Waals surface area contributed by atoms with Gasteiger partial charge in [-0.2, -0.15) is 0 Å². The smallest absolute Gasteiger partial charge is 0.338 e. The van der Waals surface area contributed by atoms with Gasteiger partial charge in [0.1, 0.15) is 0 Å². The summed E-state index contributed by atoms with van der Waals surface area (Å²) in [5.41, 5.74) is 0. The number of cyclic esters (lactones) is 2. The van der Waals surface area contributed by atoms with Crippen LogP contribution in [0.5, 0.6) is 0 Å². The van der Waals surface area contributed by atoms with E-state index in [9.17, 15) is 14.4 Å². The summed E-state index contributed by atoms with van der Waals surface area (Å²) < 4.78 is 3.97. The molecule has 0 saturated carbocycles. The van der Waals surface area contributed by atoms with Crippen LogP contribution < -0.4 is 0 Å². The monoisotopic (exact) mass is 378 g/mol. The third-order valence-electron chi connectivity index (χ3n) is 3.90. The van der Waals surface area contributed by atoms with Crippen molar-refractivity contribution in [2.75, 3.05) is 0 Å². The fourth-order valence-electron chi connectivity index (χ4n) is 2.39. The van der Waals surface area contributed by atoms with E-state index in [1.807, 2.05) is 0 Å². The minimum Gasteiger partial charge on any atom is -0.481 e. The predicted molar refractivity (Wildman–Crippen MR) is 107 cm³/mol. The molecule has 0 radical (unpaired) electrons. The van der Waals surface area contributed by atoms with Gasteiger partial charge >= 0.3 is 17.9 Å². The molecule has 0 unspecified atom stereocenters. The summed E-state index contributed by atoms with van der Waals surface area (Å²) in [6, 6.07) is 0. The lowest BCUT2D eigenvalue weighted by Gasteiger charge is -1.98. The van der Waals surface area contributed by atoms with Crippen molar-refractivity contribution in [2.24, 2.45) is 0 Å². The van der Waals surface area contributed by atoms with Crippen LogP contribution in [-0.4, -0.2) is 23.0 Å². The highest BCUT2D eigenvalue weighted by Gasteiger charge is 2.10. The molecular formula is C22H34O5. The maximum atomic E-state index is 10.3. The average molecular weight is 379 g/mol. The van der Waals surface area contributed by atoms with Crippen LogP contribution in [0.25, 0.3) is 0 Å². The van der Waals surface area contributed by atoms with E-state index >= 15 is 0 Å². The highest BCUT2D eigenvalue weighted by molar-refractivity contribution is 6.04. The maximum absolute atomic E-state index is 10.3. The summed E-state index contributed by atoms with van der Waals surface area (Å²) in [5.74, 6) is -1.83. The molecular weight excluding hydrogens is 344 g/mol. The van der Waals surface area contributed by atoms with E-state index in [1.165, 1.54) is 44.9 Å². The number of hydrogen-bond donors (Lipinski definition) is 1. The van der Waals surface area contributed by atoms with Crippen LogP contribution in [0, 0.1) is 0 Å². The molecule has 0 amide bonds. The Kier molecular flexibility index (Phi) is 17.1. The summed E-state index contributed by atoms with van der Waals surface area (Å²) in [6.45, 7) is 2.23. The highest BCUT2D eigenvalue weighted by Crippen LogP contribution is 2.08. The second kappa shape index (κ2) is 18.6. The van der Waals surface area contributed by atoms with Crippen molar-refractivity contribution in [3.8, 4) is 0 Å². The molecule has 0 aromatic rings. The number of rotatable bonds is 14. The van der Waals surface area contributed by atoms with E-state index in [4.69, 9.17) is 5.11 Å². The molecule has 1 heterocycles. The van der Waals surface area contributed by atoms with Crippen molar-refractivity contribution in [1.29, 1.82) is 0 Å². The lowest BCUT2D eigenvalue weighted by atomic mass is 10.1. The lowest BCUT2D eigenvalue weighted by Crippen LogP contribution is -1.96. The van der Waals surface area contributed by atoms with Gasteiger partial charge in [0.15, 0.2) is 0 Å². The van der Waals surface area contributed by atoms with Crippen LogP contribution in [0.4, 0.5) is 0 Å². The second-order valence-corrected chi connectivity index (χ2v) is 6.45. The summed E-state index contributed by atoms with van der Waals surface area (Å²) in [4.78, 5) is 30.2. The zero-order chi connectivity index (χ0) is 20.2. The van der Waals surface area contributed by atoms with Gasteiger partial charge in [0.25, 0.3) is 0 Å². The predicted octanol–water partition coefficient (Wildman–Crippen LogP) is 5.51. The van der Waals surface area contributed by atoms with Crippen molar-refractivity contribution in [3.63, 3.8) is 0 Å². The Morgan fingerprint density at radius 3 is 1.85 bits per heavy atom. The molecule has 0 atom stereocenters. The van der Waals surface area contributed by atoms with Gasteiger partial charge in [-0.05, 0) is 38.5 Å². The molecule has 152 valence electrons. The van der Waals surface area contributed by atoms with E-state index in [0.29, 0.717) is 6.42 Å². The van der Waals surface area contributed by atoms with E-state index in [-0.39, 0.29) is 0 Å². The Bertz CT molecular complexity index is 487. The summed E-state index contributed by atoms with van der Waals surface area (Å²) in [5, 5.41) is 8.50. The molecule has 27 heavy (non-hydrogen) atoms. The van der Waals surface area contributed by atoms with Crippen molar-refractivity contribution in [2.45, 2.75) is 84.0 Å². The number of unbranched alkanes of at least 4 members (excludes halogenated alkanes) is 8. The number of carbonyl (C=O) groups excluding carboxylic acids is 2. The highest BCUT2D eigenvalue weighted by atomic mass is 16.6. The second-order valence-electron chi connectivity index (χ2n) is 6.45. The quantitative estimate of drug-likeness (QED) is 0.186. The Morgan fingerprint density at radius 1 is 0.852 bits per heavy atom. The molecule has 1 rings (SSSR count). The number of carboxylic acid groups (broad SMARTS) is 1. The molecule has 5 nitrogen and oxygen atoms in total. The van der Waals surface area contributed by atoms with Gasteiger partial charge in [-0.1, -0.05) is 63.3 Å². The van der Waals surface area contributed by atoms with Crippen molar-refractivity contribution < 1.29 is 24.2 Å². The summed E-state index contributed by atoms with van der Waals surface area (Å²) in [6.07, 6.45) is 24.5. The summed E-state index contributed by atoms with van der Waals surface area (Å²) >= 11 is 0. The Morgan fingerprint density at radius 2 is 1.37 bits per heavy atom. The normalized spacial score (nSPS) is 13.2. The van der Waals surface area contributed by atoms with Crippen LogP contribution in [-0.2, 0) is 19.1 Å². The standard InChI is InChI=1S/C18H32O2.C4H2O3/c1-2-3-4-5-6-7-8-9-10-11-12-13-14-15-16-17-18(19)20;5-3-1-2-4(6)7-3/h6-7,9-10H,2-5,8,11-17H2,1H3,(H,19,20);1-2H/b7-6-,10-9-;. The first-order chi connectivity index (χ1) is 13.1. The molecule has 1 N–H and O–H groups in total. The van der Waals surface area contributed by atoms with E-state index in [2.05, 4.69) is 36.0 Å². The fourth-order valence-corrected chi connectivity index (χ4v) is 2.39. The Hall–Kier alpha value is -2.17. The average Bonchev–Trinajstić information content (AvgIpc) is 3.01. The van der Waals surface area contributed by atoms with Gasteiger partial charge in [-0.3, -0.25) is 4.79 Å². The zero-order valence-corrected chi connectivity index (χ0v) is 16.5. The third kappa shape index (κ3) is 20.0. The van der Waals surface area contributed by atoms with Gasteiger partial charge in [-0.15, -0.1) is 0 Å². The minimum absolute atomic E-state index is 0.324. The number of aliphatic carboxylic acids is 1. The minimum atomic E-state index is -0.671. The van der Waals surface area contributed by atoms with Crippen LogP contribution in [0.1, 0.15) is 84.0 Å². The number of hydrogen-bond acceptors (Lipinski definition) is 4. The maximum Gasteiger partial charge on any atom is 0.338 e. The van der Waals surface area contributed by atoms with Crippen molar-refractivity contribution in [1.82, 2.24) is 0 Å². The molecule has 5 heteroatoms. The van der Waals surface area contributed by atoms with Crippen molar-refractivity contribution in [3.05, 3.63) is 36.5 Å². The molecule has 0 aromatic heterocycles. The number of carbonyl (C=O) groups is 3. The van der Waals surface area contributed by atoms with E-state index < -0.39 is 17.9 Å². The van der Waals surface area contributed by atoms with Crippen LogP contribution >= 0.6 is 0 Å². The SMILES string of the molecule is CCCCC/C=C\C/C=C\CCCCCCCC(=O)O.O=C1C=CC(=O)O1. The van der Waals surface area contributed by atoms with Gasteiger partial charge < -0.3 is 9.84 Å². The number of carboxylic acids is 1. The van der Waals surface area contributed by atoms with Crippen molar-refractivity contribution >= 4 is 17.9 Å². The van der Waals surface area contributed by atoms with Crippen LogP contribution in [0.2, 0.25) is 0 Å². The largest absolute Gasteiger partial charge is 0.481 e. The third-order valence-corrected chi connectivity index (χ3v) is 3.90. The number of allylic oxidation sites excluding steroid dienone is 4. The van der Waals surface area contributed by atoms with E-state index in [0.717, 1.165) is 37.8 Å². The molecule has 0 bridgehead atoms. The molecule has 1 aliphatic heterocycles. The molecule has 0 spiro atoms. The molecule has 0 saturated heterocycles. The molecule has 0 fully saturated rings. The topological polar surface area (TPSA) is 80.7 Å². The number of ether oxygens (including phenoxy) is 1. The van der Waals surface area contributed by atoms with Gasteiger partial charge in [-0.25, -0.2) is 9.59 Å². The summed E-state index contributed by atoms with van der Waals surface area (Å²) in [7, 11) is 0. The molecule has 0 aliphatic carbocycles. The van der Waals surface area contributed by atoms with Gasteiger partial charge in [0, 0.05) is 18.6 Å². The molecule has 1 aliphatic rings. The fraction of sp³-hybridized carbons (Fsp3) is 0.591. The first kappa shape index (κ1) is 24.8. The number of esters is 2. The lowest BCUT2D eigenvalue weighted by molar-refractivity contribution is -0.150. The van der Waals surface area contributed by atoms with Gasteiger partial charge in [0.05, 0.1) is 0 Å². The Labute approximate surface area is 163 Å². The molecule has 0 aromatic carbocycles. The van der Waals surface area contributed by atoms with Gasteiger partial charge in [0.2, 0.25) is 0 Å². The van der Waals surface area contributed by atoms with E-state index in [1.54, 1.807) is 0 Å². The first-order valence-corrected chi connectivity index (χ1v) is 10.0. The van der Waals surface area contributed by atoms with Crippen LogP contribution in [0.15, 0.2) is 36.5 Å². The van der Waals surface area contributed by atoms with Crippen LogP contribution in [0.3, 0.4) is 0 Å².